The molecule has 0 bridgehead atoms. The standard InChI is InChI=1S/C13H17NO2/c1-3-4-5-12-13(15)14-10-8-9(2)6-7-11(10)16-12/h6-8,12H,3-5H2,1-2H3,(H,14,15). The summed E-state index contributed by atoms with van der Waals surface area (Å²) >= 11 is 0. The highest BCUT2D eigenvalue weighted by Crippen LogP contribution is 2.31. The summed E-state index contributed by atoms with van der Waals surface area (Å²) < 4.78 is 5.69. The smallest absolute Gasteiger partial charge is 0.265 e. The van der Waals surface area contributed by atoms with Gasteiger partial charge in [0.2, 0.25) is 0 Å². The van der Waals surface area contributed by atoms with Crippen LogP contribution in [0.25, 0.3) is 0 Å². The Hall–Kier alpha value is -1.51. The largest absolute Gasteiger partial charge is 0.478 e. The summed E-state index contributed by atoms with van der Waals surface area (Å²) in [4.78, 5) is 11.7. The first kappa shape index (κ1) is 11.0. The number of rotatable bonds is 3. The lowest BCUT2D eigenvalue weighted by Gasteiger charge is -2.26. The van der Waals surface area contributed by atoms with Crippen LogP contribution >= 0.6 is 0 Å². The van der Waals surface area contributed by atoms with Crippen LogP contribution in [0.15, 0.2) is 18.2 Å². The van der Waals surface area contributed by atoms with E-state index in [1.54, 1.807) is 0 Å². The van der Waals surface area contributed by atoms with Gasteiger partial charge >= 0.3 is 0 Å². The van der Waals surface area contributed by atoms with Crippen molar-refractivity contribution < 1.29 is 9.53 Å². The number of fused-ring (bicyclic) bond motifs is 1. The zero-order valence-electron chi connectivity index (χ0n) is 9.75. The van der Waals surface area contributed by atoms with Gasteiger partial charge in [-0.3, -0.25) is 4.79 Å². The molecule has 1 aliphatic heterocycles. The van der Waals surface area contributed by atoms with Gasteiger partial charge in [0.15, 0.2) is 6.10 Å². The van der Waals surface area contributed by atoms with Crippen LogP contribution in [0.2, 0.25) is 0 Å². The molecular weight excluding hydrogens is 202 g/mol. The van der Waals surface area contributed by atoms with Crippen LogP contribution < -0.4 is 10.1 Å². The molecule has 0 radical (unpaired) electrons. The fraction of sp³-hybridized carbons (Fsp3) is 0.462. The minimum atomic E-state index is -0.324. The minimum Gasteiger partial charge on any atom is -0.478 e. The van der Waals surface area contributed by atoms with E-state index in [2.05, 4.69) is 12.2 Å². The number of nitrogens with one attached hydrogen (secondary N) is 1. The van der Waals surface area contributed by atoms with Crippen LogP contribution in [0.4, 0.5) is 5.69 Å². The van der Waals surface area contributed by atoms with E-state index in [1.165, 1.54) is 0 Å². The first-order chi connectivity index (χ1) is 7.70. The van der Waals surface area contributed by atoms with Crippen LogP contribution in [0.1, 0.15) is 31.7 Å². The van der Waals surface area contributed by atoms with E-state index in [4.69, 9.17) is 4.74 Å². The van der Waals surface area contributed by atoms with Crippen LogP contribution in [-0.4, -0.2) is 12.0 Å². The molecule has 1 amide bonds. The van der Waals surface area contributed by atoms with Crippen molar-refractivity contribution in [1.29, 1.82) is 0 Å². The lowest BCUT2D eigenvalue weighted by atomic mass is 10.1. The lowest BCUT2D eigenvalue weighted by Crippen LogP contribution is -2.36. The predicted molar refractivity (Wildman–Crippen MR) is 63.7 cm³/mol. The molecule has 1 aromatic rings. The van der Waals surface area contributed by atoms with Crippen molar-refractivity contribution >= 4 is 11.6 Å². The zero-order chi connectivity index (χ0) is 11.5. The number of carbonyl (C=O) groups is 1. The van der Waals surface area contributed by atoms with Gasteiger partial charge in [-0.15, -0.1) is 0 Å². The van der Waals surface area contributed by atoms with Crippen molar-refractivity contribution in [2.24, 2.45) is 0 Å². The number of hydrogen-bond donors (Lipinski definition) is 1. The molecule has 1 heterocycles. The number of hydrogen-bond acceptors (Lipinski definition) is 2. The van der Waals surface area contributed by atoms with E-state index in [1.807, 2.05) is 25.1 Å². The molecule has 0 fully saturated rings. The molecule has 3 heteroatoms. The van der Waals surface area contributed by atoms with Crippen LogP contribution in [0, 0.1) is 6.92 Å². The van der Waals surface area contributed by atoms with Crippen molar-refractivity contribution in [3.8, 4) is 5.75 Å². The van der Waals surface area contributed by atoms with Gasteiger partial charge in [0.05, 0.1) is 5.69 Å². The SMILES string of the molecule is CCCCC1Oc2ccc(C)cc2NC1=O. The van der Waals surface area contributed by atoms with Gasteiger partial charge in [0.1, 0.15) is 5.75 Å². The quantitative estimate of drug-likeness (QED) is 0.848. The number of amides is 1. The van der Waals surface area contributed by atoms with Crippen LogP contribution in [0.3, 0.4) is 0 Å². The van der Waals surface area contributed by atoms with Crippen molar-refractivity contribution in [3.05, 3.63) is 23.8 Å². The number of unbranched alkanes of at least 4 members (excludes halogenated alkanes) is 1. The Balaban J connectivity index is 2.15. The second kappa shape index (κ2) is 4.56. The molecule has 16 heavy (non-hydrogen) atoms. The first-order valence-electron chi connectivity index (χ1n) is 5.79. The average molecular weight is 219 g/mol. The van der Waals surface area contributed by atoms with Crippen molar-refractivity contribution in [2.45, 2.75) is 39.2 Å². The van der Waals surface area contributed by atoms with Gasteiger partial charge in [0, 0.05) is 0 Å². The Kier molecular flexibility index (Phi) is 3.13. The molecule has 86 valence electrons. The fourth-order valence-electron chi connectivity index (χ4n) is 1.84. The zero-order valence-corrected chi connectivity index (χ0v) is 9.75. The molecule has 0 saturated carbocycles. The third-order valence-corrected chi connectivity index (χ3v) is 2.77. The third-order valence-electron chi connectivity index (χ3n) is 2.77. The van der Waals surface area contributed by atoms with Gasteiger partial charge in [-0.25, -0.2) is 0 Å². The van der Waals surface area contributed by atoms with Crippen molar-refractivity contribution in [2.75, 3.05) is 5.32 Å². The molecule has 1 unspecified atom stereocenters. The number of benzene rings is 1. The highest BCUT2D eigenvalue weighted by Gasteiger charge is 2.26. The van der Waals surface area contributed by atoms with E-state index in [9.17, 15) is 4.79 Å². The fourth-order valence-corrected chi connectivity index (χ4v) is 1.84. The van der Waals surface area contributed by atoms with Gasteiger partial charge < -0.3 is 10.1 Å². The van der Waals surface area contributed by atoms with Gasteiger partial charge in [-0.2, -0.15) is 0 Å². The molecule has 1 atom stereocenters. The van der Waals surface area contributed by atoms with Crippen LogP contribution in [0.5, 0.6) is 5.75 Å². The van der Waals surface area contributed by atoms with Crippen molar-refractivity contribution in [3.63, 3.8) is 0 Å². The second-order valence-corrected chi connectivity index (χ2v) is 4.24. The molecule has 2 rings (SSSR count). The van der Waals surface area contributed by atoms with E-state index in [0.29, 0.717) is 0 Å². The lowest BCUT2D eigenvalue weighted by molar-refractivity contribution is -0.123. The summed E-state index contributed by atoms with van der Waals surface area (Å²) in [6.07, 6.45) is 2.55. The summed E-state index contributed by atoms with van der Waals surface area (Å²) in [5.41, 5.74) is 1.91. The maximum absolute atomic E-state index is 11.7. The van der Waals surface area contributed by atoms with Crippen LogP contribution in [-0.2, 0) is 4.79 Å². The molecule has 1 N–H and O–H groups in total. The van der Waals surface area contributed by atoms with E-state index < -0.39 is 0 Å². The first-order valence-corrected chi connectivity index (χ1v) is 5.79. The molecule has 0 aromatic heterocycles. The Morgan fingerprint density at radius 3 is 3.00 bits per heavy atom. The molecule has 0 saturated heterocycles. The summed E-state index contributed by atoms with van der Waals surface area (Å²) in [5, 5.41) is 2.90. The average Bonchev–Trinajstić information content (AvgIpc) is 2.26. The molecule has 3 nitrogen and oxygen atoms in total. The van der Waals surface area contributed by atoms with E-state index in [0.717, 1.165) is 36.3 Å². The molecule has 1 aromatic carbocycles. The Labute approximate surface area is 95.8 Å². The summed E-state index contributed by atoms with van der Waals surface area (Å²) in [6, 6.07) is 5.85. The maximum Gasteiger partial charge on any atom is 0.265 e. The Morgan fingerprint density at radius 2 is 2.25 bits per heavy atom. The molecule has 0 spiro atoms. The van der Waals surface area contributed by atoms with E-state index in [-0.39, 0.29) is 12.0 Å². The molecule has 1 aliphatic rings. The predicted octanol–water partition coefficient (Wildman–Crippen LogP) is 2.88. The molecule has 0 aliphatic carbocycles. The third kappa shape index (κ3) is 2.18. The number of anilines is 1. The Bertz CT molecular complexity index is 401. The number of carbonyl (C=O) groups excluding carboxylic acids is 1. The number of ether oxygens (including phenoxy) is 1. The van der Waals surface area contributed by atoms with Gasteiger partial charge in [-0.05, 0) is 37.5 Å². The van der Waals surface area contributed by atoms with Crippen molar-refractivity contribution in [1.82, 2.24) is 0 Å². The van der Waals surface area contributed by atoms with E-state index >= 15 is 0 Å². The summed E-state index contributed by atoms with van der Waals surface area (Å²) in [7, 11) is 0. The second-order valence-electron chi connectivity index (χ2n) is 4.24. The highest BCUT2D eigenvalue weighted by atomic mass is 16.5. The molecular formula is C13H17NO2. The summed E-state index contributed by atoms with van der Waals surface area (Å²) in [5.74, 6) is 0.762. The monoisotopic (exact) mass is 219 g/mol. The minimum absolute atomic E-state index is 0.0217. The number of aryl methyl sites for hydroxylation is 1. The normalized spacial score (nSPS) is 18.6. The summed E-state index contributed by atoms with van der Waals surface area (Å²) in [6.45, 7) is 4.10. The topological polar surface area (TPSA) is 38.3 Å². The highest BCUT2D eigenvalue weighted by molar-refractivity contribution is 5.97. The van der Waals surface area contributed by atoms with Gasteiger partial charge in [-0.1, -0.05) is 19.4 Å². The van der Waals surface area contributed by atoms with Gasteiger partial charge in [0.25, 0.3) is 5.91 Å². The maximum atomic E-state index is 11.7. The Morgan fingerprint density at radius 1 is 1.44 bits per heavy atom.